The van der Waals surface area contributed by atoms with Crippen molar-refractivity contribution in [2.24, 2.45) is 0 Å². The zero-order valence-electron chi connectivity index (χ0n) is 21.9. The van der Waals surface area contributed by atoms with Gasteiger partial charge in [0.1, 0.15) is 22.8 Å². The van der Waals surface area contributed by atoms with E-state index in [2.05, 4.69) is 4.90 Å². The lowest BCUT2D eigenvalue weighted by Crippen LogP contribution is -2.26. The predicted octanol–water partition coefficient (Wildman–Crippen LogP) is 5.69. The van der Waals surface area contributed by atoms with E-state index in [9.17, 15) is 14.3 Å². The number of hydrogen-bond acceptors (Lipinski definition) is 8. The number of phosphoric acid groups is 1. The lowest BCUT2D eigenvalue weighted by atomic mass is 9.91. The first-order valence-electron chi connectivity index (χ1n) is 12.4. The Balaban J connectivity index is 1.59. The van der Waals surface area contributed by atoms with Crippen molar-refractivity contribution in [2.45, 2.75) is 20.8 Å². The summed E-state index contributed by atoms with van der Waals surface area (Å²) in [7, 11) is -2.65. The standard InChI is InChI=1S/C28H32NO8P/c1-5-29(6-2)13-14-35-38(31,32)36-18-34-22-9-12-25-27(17-22)37-26-16-20(30)7-10-24(26)28(25)23-11-8-21(33-4)15-19(23)3/h7-12,15-17H,5-6,13-14,18H2,1-4H3,(H,31,32). The van der Waals surface area contributed by atoms with Crippen LogP contribution in [0.2, 0.25) is 0 Å². The lowest BCUT2D eigenvalue weighted by Gasteiger charge is -2.19. The molecule has 0 aromatic heterocycles. The van der Waals surface area contributed by atoms with Crippen molar-refractivity contribution in [1.82, 2.24) is 4.90 Å². The van der Waals surface area contributed by atoms with Gasteiger partial charge in [0.05, 0.1) is 13.7 Å². The molecule has 1 unspecified atom stereocenters. The quantitative estimate of drug-likeness (QED) is 0.137. The molecule has 0 amide bonds. The Morgan fingerprint density at radius 2 is 1.68 bits per heavy atom. The Morgan fingerprint density at radius 1 is 0.947 bits per heavy atom. The van der Waals surface area contributed by atoms with Gasteiger partial charge < -0.3 is 23.7 Å². The van der Waals surface area contributed by atoms with E-state index in [0.717, 1.165) is 46.5 Å². The monoisotopic (exact) mass is 541 g/mol. The number of nitrogens with zero attached hydrogens (tertiary/aromatic N) is 1. The Kier molecular flexibility index (Phi) is 8.87. The Morgan fingerprint density at radius 3 is 2.39 bits per heavy atom. The molecule has 0 saturated heterocycles. The SMILES string of the molecule is CCN(CC)CCOP(=O)(O)OCOc1ccc2c(-c3ccc(OC)cc3C)c3ccc(=O)cc-3oc2c1. The molecule has 1 heterocycles. The van der Waals surface area contributed by atoms with Crippen LogP contribution in [-0.2, 0) is 13.6 Å². The highest BCUT2D eigenvalue weighted by atomic mass is 31.2. The van der Waals surface area contributed by atoms with Crippen molar-refractivity contribution in [2.75, 3.05) is 40.1 Å². The molecule has 0 radical (unpaired) electrons. The number of phosphoric ester groups is 1. The van der Waals surface area contributed by atoms with Gasteiger partial charge in [-0.3, -0.25) is 9.32 Å². The van der Waals surface area contributed by atoms with Crippen molar-refractivity contribution in [3.8, 4) is 33.9 Å². The van der Waals surface area contributed by atoms with E-state index in [0.29, 0.717) is 23.6 Å². The molecule has 4 rings (SSSR count). The van der Waals surface area contributed by atoms with Crippen molar-refractivity contribution >= 4 is 18.8 Å². The number of methoxy groups -OCH3 is 1. The number of aryl methyl sites for hydroxylation is 1. The van der Waals surface area contributed by atoms with E-state index in [1.165, 1.54) is 12.1 Å². The summed E-state index contributed by atoms with van der Waals surface area (Å²) >= 11 is 0. The zero-order valence-corrected chi connectivity index (χ0v) is 22.8. The van der Waals surface area contributed by atoms with Crippen molar-refractivity contribution < 1.29 is 32.4 Å². The number of benzene rings is 3. The van der Waals surface area contributed by atoms with Crippen LogP contribution in [0.15, 0.2) is 63.8 Å². The lowest BCUT2D eigenvalue weighted by molar-refractivity contribution is 0.0631. The van der Waals surface area contributed by atoms with Gasteiger partial charge in [-0.1, -0.05) is 19.9 Å². The van der Waals surface area contributed by atoms with E-state index in [1.54, 1.807) is 25.3 Å². The molecule has 0 bridgehead atoms. The smallest absolute Gasteiger partial charge is 0.475 e. The second-order valence-corrected chi connectivity index (χ2v) is 10.1. The molecule has 0 spiro atoms. The Labute approximate surface area is 221 Å². The molecule has 9 nitrogen and oxygen atoms in total. The van der Waals surface area contributed by atoms with Gasteiger partial charge >= 0.3 is 7.82 Å². The van der Waals surface area contributed by atoms with Crippen LogP contribution in [-0.4, -0.2) is 49.9 Å². The fourth-order valence-electron chi connectivity index (χ4n) is 4.30. The third kappa shape index (κ3) is 6.43. The van der Waals surface area contributed by atoms with Gasteiger partial charge in [0.2, 0.25) is 0 Å². The van der Waals surface area contributed by atoms with Crippen molar-refractivity contribution in [3.63, 3.8) is 0 Å². The molecule has 2 aromatic carbocycles. The second-order valence-electron chi connectivity index (χ2n) is 8.69. The fourth-order valence-corrected chi connectivity index (χ4v) is 4.87. The Hall–Kier alpha value is -3.20. The molecule has 1 atom stereocenters. The maximum Gasteiger partial charge on any atom is 0.475 e. The summed E-state index contributed by atoms with van der Waals surface area (Å²) in [4.78, 5) is 24.1. The number of rotatable bonds is 12. The summed E-state index contributed by atoms with van der Waals surface area (Å²) in [6.45, 7) is 7.73. The number of ether oxygens (including phenoxy) is 2. The molecule has 202 valence electrons. The van der Waals surface area contributed by atoms with Crippen LogP contribution in [0.3, 0.4) is 0 Å². The van der Waals surface area contributed by atoms with Crippen LogP contribution in [0.4, 0.5) is 0 Å². The molecular formula is C28H32NO8P. The van der Waals surface area contributed by atoms with E-state index in [1.807, 2.05) is 45.0 Å². The highest BCUT2D eigenvalue weighted by molar-refractivity contribution is 7.47. The van der Waals surface area contributed by atoms with Crippen molar-refractivity contribution in [3.05, 3.63) is 70.4 Å². The average molecular weight is 542 g/mol. The van der Waals surface area contributed by atoms with Crippen LogP contribution < -0.4 is 14.9 Å². The zero-order chi connectivity index (χ0) is 27.3. The van der Waals surface area contributed by atoms with Gasteiger partial charge in [0.15, 0.2) is 12.2 Å². The number of hydrogen-bond donors (Lipinski definition) is 1. The molecule has 1 aliphatic heterocycles. The van der Waals surface area contributed by atoms with Gasteiger partial charge in [-0.05, 0) is 67.5 Å². The summed E-state index contributed by atoms with van der Waals surface area (Å²) < 4.78 is 39.2. The minimum absolute atomic E-state index is 0.0621. The van der Waals surface area contributed by atoms with Crippen molar-refractivity contribution in [1.29, 1.82) is 0 Å². The minimum atomic E-state index is -4.27. The van der Waals surface area contributed by atoms with E-state index in [-0.39, 0.29) is 12.0 Å². The van der Waals surface area contributed by atoms with E-state index >= 15 is 0 Å². The van der Waals surface area contributed by atoms with E-state index in [4.69, 9.17) is 22.9 Å². The third-order valence-corrected chi connectivity index (χ3v) is 7.31. The topological polar surface area (TPSA) is 108 Å². The first kappa shape index (κ1) is 27.8. The number of fused-ring (bicyclic) bond motifs is 2. The first-order chi connectivity index (χ1) is 18.2. The van der Waals surface area contributed by atoms with E-state index < -0.39 is 14.6 Å². The molecule has 2 aliphatic rings. The maximum atomic E-state index is 12.2. The highest BCUT2D eigenvalue weighted by Gasteiger charge is 2.22. The van der Waals surface area contributed by atoms with Crippen LogP contribution in [0.5, 0.6) is 11.5 Å². The molecule has 1 N–H and O–H groups in total. The average Bonchev–Trinajstić information content (AvgIpc) is 2.89. The summed E-state index contributed by atoms with van der Waals surface area (Å²) in [5.74, 6) is 1.54. The van der Waals surface area contributed by atoms with Gasteiger partial charge in [-0.2, -0.15) is 0 Å². The molecule has 0 fully saturated rings. The van der Waals surface area contributed by atoms with Crippen LogP contribution in [0.1, 0.15) is 19.4 Å². The molecule has 1 aliphatic carbocycles. The molecular weight excluding hydrogens is 509 g/mol. The summed E-state index contributed by atoms with van der Waals surface area (Å²) in [6.07, 6.45) is 0. The van der Waals surface area contributed by atoms with Gasteiger partial charge in [-0.15, -0.1) is 0 Å². The molecule has 10 heteroatoms. The Bertz CT molecular complexity index is 1480. The van der Waals surface area contributed by atoms with Crippen LogP contribution in [0, 0.1) is 6.92 Å². The normalized spacial score (nSPS) is 13.2. The summed E-state index contributed by atoms with van der Waals surface area (Å²) in [6, 6.07) is 15.8. The van der Waals surface area contributed by atoms with Gasteiger partial charge in [0, 0.05) is 35.2 Å². The first-order valence-corrected chi connectivity index (χ1v) is 13.9. The molecule has 0 saturated carbocycles. The third-order valence-electron chi connectivity index (χ3n) is 6.37. The summed E-state index contributed by atoms with van der Waals surface area (Å²) in [5, 5.41) is 0.810. The van der Waals surface area contributed by atoms with Crippen LogP contribution >= 0.6 is 7.82 Å². The molecule has 2 aromatic rings. The fraction of sp³-hybridized carbons (Fsp3) is 0.321. The predicted molar refractivity (Wildman–Crippen MR) is 146 cm³/mol. The molecule has 38 heavy (non-hydrogen) atoms. The van der Waals surface area contributed by atoms with Crippen LogP contribution in [0.25, 0.3) is 33.4 Å². The largest absolute Gasteiger partial charge is 0.497 e. The maximum absolute atomic E-state index is 12.2. The summed E-state index contributed by atoms with van der Waals surface area (Å²) in [5.41, 5.74) is 3.98. The van der Waals surface area contributed by atoms with Gasteiger partial charge in [-0.25, -0.2) is 9.09 Å². The highest BCUT2D eigenvalue weighted by Crippen LogP contribution is 2.44. The number of likely N-dealkylation sites (N-methyl/N-ethyl adjacent to an activating group) is 1. The second kappa shape index (κ2) is 12.1. The minimum Gasteiger partial charge on any atom is -0.497 e. The van der Waals surface area contributed by atoms with Gasteiger partial charge in [0.25, 0.3) is 0 Å².